The Bertz CT molecular complexity index is 508. The van der Waals surface area contributed by atoms with E-state index in [0.29, 0.717) is 5.56 Å². The lowest BCUT2D eigenvalue weighted by Gasteiger charge is -2.15. The normalized spacial score (nSPS) is 22.6. The van der Waals surface area contributed by atoms with Crippen LogP contribution in [0.5, 0.6) is 0 Å². The van der Waals surface area contributed by atoms with E-state index >= 15 is 0 Å². The predicted molar refractivity (Wildman–Crippen MR) is 60.7 cm³/mol. The number of nitro groups is 1. The molecule has 6 nitrogen and oxygen atoms in total. The number of hydrogen-bond acceptors (Lipinski definition) is 5. The van der Waals surface area contributed by atoms with Gasteiger partial charge in [0.2, 0.25) is 0 Å². The number of nitrogens with zero attached hydrogens (tertiary/aromatic N) is 1. The van der Waals surface area contributed by atoms with Gasteiger partial charge in [-0.25, -0.2) is 0 Å². The fraction of sp³-hybridized carbons (Fsp3) is 0.333. The molecule has 94 valence electrons. The first-order chi connectivity index (χ1) is 8.49. The van der Waals surface area contributed by atoms with Gasteiger partial charge in [0, 0.05) is 12.1 Å². The van der Waals surface area contributed by atoms with Gasteiger partial charge in [0.25, 0.3) is 5.69 Å². The zero-order chi connectivity index (χ0) is 13.3. The number of benzene rings is 1. The van der Waals surface area contributed by atoms with Crippen molar-refractivity contribution in [2.75, 3.05) is 0 Å². The summed E-state index contributed by atoms with van der Waals surface area (Å²) in [5, 5.41) is 10.5. The standard InChI is InChI=1S/C12H11NO5/c1-7(14)10-6-11(15)18-12(10)8-2-4-9(5-3-8)13(16)17/h2-5,10,12H,6H2,1H3. The average molecular weight is 249 g/mol. The average Bonchev–Trinajstić information content (AvgIpc) is 2.71. The van der Waals surface area contributed by atoms with Gasteiger partial charge >= 0.3 is 5.97 Å². The molecule has 2 unspecified atom stereocenters. The van der Waals surface area contributed by atoms with Crippen LogP contribution < -0.4 is 0 Å². The number of nitro benzene ring substituents is 1. The van der Waals surface area contributed by atoms with Crippen molar-refractivity contribution < 1.29 is 19.2 Å². The Kier molecular flexibility index (Phi) is 3.10. The van der Waals surface area contributed by atoms with Crippen LogP contribution in [-0.2, 0) is 14.3 Å². The number of cyclic esters (lactones) is 1. The highest BCUT2D eigenvalue weighted by atomic mass is 16.6. The van der Waals surface area contributed by atoms with Crippen LogP contribution in [0.15, 0.2) is 24.3 Å². The molecule has 0 spiro atoms. The highest BCUT2D eigenvalue weighted by Crippen LogP contribution is 2.36. The fourth-order valence-electron chi connectivity index (χ4n) is 2.00. The molecule has 0 aromatic heterocycles. The molecular weight excluding hydrogens is 238 g/mol. The second-order valence-electron chi connectivity index (χ2n) is 4.18. The third-order valence-electron chi connectivity index (χ3n) is 2.97. The van der Waals surface area contributed by atoms with Gasteiger partial charge in [-0.05, 0) is 24.6 Å². The molecule has 0 aliphatic carbocycles. The van der Waals surface area contributed by atoms with Gasteiger partial charge in [0.05, 0.1) is 17.3 Å². The maximum absolute atomic E-state index is 11.4. The van der Waals surface area contributed by atoms with E-state index in [-0.39, 0.29) is 17.9 Å². The van der Waals surface area contributed by atoms with E-state index in [1.807, 2.05) is 0 Å². The lowest BCUT2D eigenvalue weighted by Crippen LogP contribution is -2.15. The second kappa shape index (κ2) is 4.56. The molecule has 0 bridgehead atoms. The summed E-state index contributed by atoms with van der Waals surface area (Å²) < 4.78 is 5.09. The summed E-state index contributed by atoms with van der Waals surface area (Å²) in [5.74, 6) is -1.04. The highest BCUT2D eigenvalue weighted by molar-refractivity contribution is 5.86. The van der Waals surface area contributed by atoms with E-state index in [1.165, 1.54) is 31.2 Å². The van der Waals surface area contributed by atoms with Crippen LogP contribution in [0.4, 0.5) is 5.69 Å². The number of carbonyl (C=O) groups is 2. The van der Waals surface area contributed by atoms with Crippen molar-refractivity contribution >= 4 is 17.4 Å². The van der Waals surface area contributed by atoms with E-state index in [0.717, 1.165) is 0 Å². The molecule has 0 N–H and O–H groups in total. The first-order valence-corrected chi connectivity index (χ1v) is 5.43. The van der Waals surface area contributed by atoms with Crippen molar-refractivity contribution in [2.24, 2.45) is 5.92 Å². The third kappa shape index (κ3) is 2.22. The Morgan fingerprint density at radius 1 is 1.39 bits per heavy atom. The van der Waals surface area contributed by atoms with Crippen LogP contribution in [-0.4, -0.2) is 16.7 Å². The number of rotatable bonds is 3. The Balaban J connectivity index is 2.27. The van der Waals surface area contributed by atoms with Gasteiger partial charge in [-0.2, -0.15) is 0 Å². The molecule has 1 aromatic rings. The number of carbonyl (C=O) groups excluding carboxylic acids is 2. The monoisotopic (exact) mass is 249 g/mol. The Morgan fingerprint density at radius 3 is 2.50 bits per heavy atom. The van der Waals surface area contributed by atoms with Crippen molar-refractivity contribution in [1.29, 1.82) is 0 Å². The molecule has 1 heterocycles. The quantitative estimate of drug-likeness (QED) is 0.463. The van der Waals surface area contributed by atoms with Crippen LogP contribution >= 0.6 is 0 Å². The lowest BCUT2D eigenvalue weighted by molar-refractivity contribution is -0.384. The van der Waals surface area contributed by atoms with Gasteiger partial charge in [-0.15, -0.1) is 0 Å². The van der Waals surface area contributed by atoms with Crippen molar-refractivity contribution in [3.05, 3.63) is 39.9 Å². The minimum absolute atomic E-state index is 0.0394. The molecule has 1 aromatic carbocycles. The molecule has 0 amide bonds. The molecule has 1 aliphatic rings. The summed E-state index contributed by atoms with van der Waals surface area (Å²) in [5.41, 5.74) is 0.564. The number of hydrogen-bond donors (Lipinski definition) is 0. The topological polar surface area (TPSA) is 86.5 Å². The fourth-order valence-corrected chi connectivity index (χ4v) is 2.00. The summed E-state index contributed by atoms with van der Waals surface area (Å²) in [6, 6.07) is 5.69. The van der Waals surface area contributed by atoms with Gasteiger partial charge < -0.3 is 4.74 Å². The third-order valence-corrected chi connectivity index (χ3v) is 2.97. The van der Waals surface area contributed by atoms with Crippen LogP contribution in [0.1, 0.15) is 25.0 Å². The number of ketones is 1. The minimum Gasteiger partial charge on any atom is -0.457 e. The molecule has 6 heteroatoms. The minimum atomic E-state index is -0.629. The second-order valence-corrected chi connectivity index (χ2v) is 4.18. The molecule has 2 rings (SSSR count). The van der Waals surface area contributed by atoms with Gasteiger partial charge in [-0.1, -0.05) is 0 Å². The Hall–Kier alpha value is -2.24. The first-order valence-electron chi connectivity index (χ1n) is 5.43. The summed E-state index contributed by atoms with van der Waals surface area (Å²) in [6.45, 7) is 1.41. The largest absolute Gasteiger partial charge is 0.457 e. The highest BCUT2D eigenvalue weighted by Gasteiger charge is 2.38. The molecule has 1 fully saturated rings. The van der Waals surface area contributed by atoms with Crippen LogP contribution in [0.25, 0.3) is 0 Å². The molecular formula is C12H11NO5. The number of esters is 1. The summed E-state index contributed by atoms with van der Waals surface area (Å²) in [4.78, 5) is 32.7. The molecule has 2 atom stereocenters. The Morgan fingerprint density at radius 2 is 2.00 bits per heavy atom. The van der Waals surface area contributed by atoms with Crippen LogP contribution in [0.2, 0.25) is 0 Å². The van der Waals surface area contributed by atoms with Gasteiger partial charge in [0.1, 0.15) is 11.9 Å². The van der Waals surface area contributed by atoms with Crippen LogP contribution in [0, 0.1) is 16.0 Å². The number of Topliss-reactive ketones (excluding diaryl/α,β-unsaturated/α-hetero) is 1. The zero-order valence-electron chi connectivity index (χ0n) is 9.66. The molecule has 0 radical (unpaired) electrons. The molecule has 1 aliphatic heterocycles. The van der Waals surface area contributed by atoms with E-state index in [2.05, 4.69) is 0 Å². The maximum Gasteiger partial charge on any atom is 0.307 e. The zero-order valence-corrected chi connectivity index (χ0v) is 9.66. The van der Waals surface area contributed by atoms with Crippen LogP contribution in [0.3, 0.4) is 0 Å². The van der Waals surface area contributed by atoms with E-state index in [9.17, 15) is 19.7 Å². The summed E-state index contributed by atoms with van der Waals surface area (Å²) in [7, 11) is 0. The number of non-ortho nitro benzene ring substituents is 1. The van der Waals surface area contributed by atoms with Gasteiger partial charge in [-0.3, -0.25) is 19.7 Å². The van der Waals surface area contributed by atoms with Crippen molar-refractivity contribution in [1.82, 2.24) is 0 Å². The van der Waals surface area contributed by atoms with Gasteiger partial charge in [0.15, 0.2) is 0 Å². The molecule has 18 heavy (non-hydrogen) atoms. The SMILES string of the molecule is CC(=O)C1CC(=O)OC1c1ccc([N+](=O)[O-])cc1. The first kappa shape index (κ1) is 12.2. The van der Waals surface area contributed by atoms with E-state index in [4.69, 9.17) is 4.74 Å². The van der Waals surface area contributed by atoms with Crippen molar-refractivity contribution in [3.8, 4) is 0 Å². The summed E-state index contributed by atoms with van der Waals surface area (Å²) in [6.07, 6.45) is -0.562. The van der Waals surface area contributed by atoms with E-state index < -0.39 is 22.9 Å². The molecule has 0 saturated carbocycles. The molecule has 1 saturated heterocycles. The maximum atomic E-state index is 11.4. The van der Waals surface area contributed by atoms with Crippen molar-refractivity contribution in [2.45, 2.75) is 19.4 Å². The Labute approximate surface area is 103 Å². The summed E-state index contributed by atoms with van der Waals surface area (Å²) >= 11 is 0. The smallest absolute Gasteiger partial charge is 0.307 e. The lowest BCUT2D eigenvalue weighted by atomic mass is 9.92. The van der Waals surface area contributed by atoms with E-state index in [1.54, 1.807) is 0 Å². The number of ether oxygens (including phenoxy) is 1. The predicted octanol–water partition coefficient (Wildman–Crippen LogP) is 1.79. The van der Waals surface area contributed by atoms with Crippen molar-refractivity contribution in [3.63, 3.8) is 0 Å².